The summed E-state index contributed by atoms with van der Waals surface area (Å²) < 4.78 is 0. The number of nitrogens with one attached hydrogen (secondary N) is 1. The summed E-state index contributed by atoms with van der Waals surface area (Å²) in [5, 5.41) is 10.7. The van der Waals surface area contributed by atoms with E-state index in [0.29, 0.717) is 6.42 Å². The van der Waals surface area contributed by atoms with Gasteiger partial charge in [0.1, 0.15) is 5.92 Å². The predicted molar refractivity (Wildman–Crippen MR) is 35.5 cm³/mol. The van der Waals surface area contributed by atoms with Gasteiger partial charge < -0.3 is 10.4 Å². The number of hydrogen-bond donors (Lipinski definition) is 2. The molecule has 0 aliphatic rings. The Labute approximate surface area is 59.2 Å². The summed E-state index contributed by atoms with van der Waals surface area (Å²) in [4.78, 5) is 21.0. The minimum atomic E-state index is -1.07. The fourth-order valence-electron chi connectivity index (χ4n) is 0.646. The van der Waals surface area contributed by atoms with E-state index < -0.39 is 17.8 Å². The first kappa shape index (κ1) is 8.94. The molecule has 0 aliphatic heterocycles. The number of carbonyl (C=O) groups excluding carboxylic acids is 1. The molecule has 4 heteroatoms. The highest BCUT2D eigenvalue weighted by Gasteiger charge is 2.22. The van der Waals surface area contributed by atoms with Crippen LogP contribution in [0.3, 0.4) is 0 Å². The molecule has 0 saturated heterocycles. The van der Waals surface area contributed by atoms with Gasteiger partial charge in [-0.05, 0) is 6.42 Å². The first-order valence-corrected chi connectivity index (χ1v) is 3.07. The molecule has 1 unspecified atom stereocenters. The molecule has 0 bridgehead atoms. The van der Waals surface area contributed by atoms with Crippen LogP contribution in [0.1, 0.15) is 13.3 Å². The maximum Gasteiger partial charge on any atom is 0.316 e. The largest absolute Gasteiger partial charge is 0.481 e. The Morgan fingerprint density at radius 2 is 2.10 bits per heavy atom. The second-order valence-electron chi connectivity index (χ2n) is 1.91. The van der Waals surface area contributed by atoms with Crippen molar-refractivity contribution < 1.29 is 14.7 Å². The van der Waals surface area contributed by atoms with Crippen LogP contribution in [-0.2, 0) is 9.59 Å². The van der Waals surface area contributed by atoms with Crippen molar-refractivity contribution in [3.8, 4) is 0 Å². The number of aliphatic carboxylic acids is 1. The Kier molecular flexibility index (Phi) is 3.46. The van der Waals surface area contributed by atoms with E-state index >= 15 is 0 Å². The Balaban J connectivity index is 4.06. The maximum absolute atomic E-state index is 10.7. The Morgan fingerprint density at radius 1 is 1.60 bits per heavy atom. The average Bonchev–Trinajstić information content (AvgIpc) is 1.88. The molecular weight excluding hydrogens is 134 g/mol. The average molecular weight is 145 g/mol. The van der Waals surface area contributed by atoms with Crippen molar-refractivity contribution in [2.24, 2.45) is 5.92 Å². The van der Waals surface area contributed by atoms with Crippen molar-refractivity contribution >= 4 is 11.9 Å². The first-order chi connectivity index (χ1) is 4.63. The van der Waals surface area contributed by atoms with E-state index in [0.717, 1.165) is 0 Å². The minimum Gasteiger partial charge on any atom is -0.481 e. The van der Waals surface area contributed by atoms with Gasteiger partial charge in [-0.1, -0.05) is 6.92 Å². The van der Waals surface area contributed by atoms with Crippen LogP contribution < -0.4 is 5.32 Å². The lowest BCUT2D eigenvalue weighted by atomic mass is 10.1. The smallest absolute Gasteiger partial charge is 0.316 e. The van der Waals surface area contributed by atoms with Crippen LogP contribution in [0.5, 0.6) is 0 Å². The second-order valence-corrected chi connectivity index (χ2v) is 1.91. The van der Waals surface area contributed by atoms with Crippen LogP contribution in [0.25, 0.3) is 0 Å². The Hall–Kier alpha value is -1.06. The van der Waals surface area contributed by atoms with Gasteiger partial charge in [-0.2, -0.15) is 0 Å². The SMILES string of the molecule is CCC(C(=O)O)C(=O)NC. The fourth-order valence-corrected chi connectivity index (χ4v) is 0.646. The van der Waals surface area contributed by atoms with E-state index in [9.17, 15) is 9.59 Å². The van der Waals surface area contributed by atoms with Crippen LogP contribution >= 0.6 is 0 Å². The molecule has 0 aromatic carbocycles. The highest BCUT2D eigenvalue weighted by Crippen LogP contribution is 2.01. The van der Waals surface area contributed by atoms with Gasteiger partial charge in [0, 0.05) is 7.05 Å². The van der Waals surface area contributed by atoms with Crippen molar-refractivity contribution in [2.75, 3.05) is 7.05 Å². The molecule has 0 heterocycles. The zero-order chi connectivity index (χ0) is 8.15. The standard InChI is InChI=1S/C6H11NO3/c1-3-4(6(9)10)5(8)7-2/h4H,3H2,1-2H3,(H,7,8)(H,9,10). The lowest BCUT2D eigenvalue weighted by Gasteiger charge is -2.05. The summed E-state index contributed by atoms with van der Waals surface area (Å²) in [6, 6.07) is 0. The lowest BCUT2D eigenvalue weighted by Crippen LogP contribution is -2.32. The zero-order valence-corrected chi connectivity index (χ0v) is 6.05. The fraction of sp³-hybridized carbons (Fsp3) is 0.667. The topological polar surface area (TPSA) is 66.4 Å². The van der Waals surface area contributed by atoms with Crippen LogP contribution in [0.2, 0.25) is 0 Å². The van der Waals surface area contributed by atoms with Gasteiger partial charge in [0.15, 0.2) is 0 Å². The van der Waals surface area contributed by atoms with E-state index in [2.05, 4.69) is 5.32 Å². The van der Waals surface area contributed by atoms with Crippen molar-refractivity contribution in [1.29, 1.82) is 0 Å². The van der Waals surface area contributed by atoms with Crippen molar-refractivity contribution in [3.63, 3.8) is 0 Å². The molecule has 1 atom stereocenters. The van der Waals surface area contributed by atoms with Crippen molar-refractivity contribution in [3.05, 3.63) is 0 Å². The van der Waals surface area contributed by atoms with Crippen LogP contribution in [-0.4, -0.2) is 24.0 Å². The molecule has 58 valence electrons. The monoisotopic (exact) mass is 145 g/mol. The molecule has 4 nitrogen and oxygen atoms in total. The molecular formula is C6H11NO3. The molecule has 0 aromatic rings. The van der Waals surface area contributed by atoms with E-state index in [1.54, 1.807) is 6.92 Å². The molecule has 10 heavy (non-hydrogen) atoms. The van der Waals surface area contributed by atoms with Gasteiger partial charge in [0.25, 0.3) is 0 Å². The highest BCUT2D eigenvalue weighted by atomic mass is 16.4. The van der Waals surface area contributed by atoms with Crippen molar-refractivity contribution in [2.45, 2.75) is 13.3 Å². The van der Waals surface area contributed by atoms with Crippen LogP contribution in [0.15, 0.2) is 0 Å². The highest BCUT2D eigenvalue weighted by molar-refractivity contribution is 5.96. The summed E-state index contributed by atoms with van der Waals surface area (Å²) >= 11 is 0. The van der Waals surface area contributed by atoms with Gasteiger partial charge in [-0.3, -0.25) is 9.59 Å². The molecule has 0 radical (unpaired) electrons. The number of carboxylic acids is 1. The van der Waals surface area contributed by atoms with Gasteiger partial charge in [-0.15, -0.1) is 0 Å². The first-order valence-electron chi connectivity index (χ1n) is 3.07. The van der Waals surface area contributed by atoms with E-state index in [-0.39, 0.29) is 0 Å². The van der Waals surface area contributed by atoms with Gasteiger partial charge >= 0.3 is 5.97 Å². The molecule has 1 amide bonds. The number of rotatable bonds is 3. The third kappa shape index (κ3) is 2.05. The third-order valence-electron chi connectivity index (χ3n) is 1.27. The molecule has 0 saturated carbocycles. The molecule has 0 aliphatic carbocycles. The van der Waals surface area contributed by atoms with E-state index in [1.807, 2.05) is 0 Å². The van der Waals surface area contributed by atoms with Crippen LogP contribution in [0.4, 0.5) is 0 Å². The summed E-state index contributed by atoms with van der Waals surface area (Å²) in [6.45, 7) is 1.66. The molecule has 2 N–H and O–H groups in total. The Morgan fingerprint density at radius 3 is 2.20 bits per heavy atom. The third-order valence-corrected chi connectivity index (χ3v) is 1.27. The summed E-state index contributed by atoms with van der Waals surface area (Å²) in [5.41, 5.74) is 0. The lowest BCUT2D eigenvalue weighted by molar-refractivity contribution is -0.146. The molecule has 0 fully saturated rings. The van der Waals surface area contributed by atoms with Gasteiger partial charge in [0.2, 0.25) is 5.91 Å². The second kappa shape index (κ2) is 3.87. The summed E-state index contributed by atoms with van der Waals surface area (Å²) in [7, 11) is 1.42. The number of hydrogen-bond acceptors (Lipinski definition) is 2. The van der Waals surface area contributed by atoms with E-state index in [1.165, 1.54) is 7.05 Å². The van der Waals surface area contributed by atoms with Gasteiger partial charge in [0.05, 0.1) is 0 Å². The maximum atomic E-state index is 10.7. The number of carboxylic acid groups (broad SMARTS) is 1. The van der Waals surface area contributed by atoms with E-state index in [4.69, 9.17) is 5.11 Å². The summed E-state index contributed by atoms with van der Waals surface area (Å²) in [5.74, 6) is -2.40. The normalized spacial score (nSPS) is 12.2. The van der Waals surface area contributed by atoms with Crippen molar-refractivity contribution in [1.82, 2.24) is 5.32 Å². The number of carbonyl (C=O) groups is 2. The Bertz CT molecular complexity index is 144. The molecule has 0 rings (SSSR count). The number of amides is 1. The van der Waals surface area contributed by atoms with Gasteiger partial charge in [-0.25, -0.2) is 0 Å². The summed E-state index contributed by atoms with van der Waals surface area (Å²) in [6.07, 6.45) is 0.328. The molecule has 0 aromatic heterocycles. The zero-order valence-electron chi connectivity index (χ0n) is 6.05. The molecule has 0 spiro atoms. The predicted octanol–water partition coefficient (Wildman–Crippen LogP) is -0.157. The quantitative estimate of drug-likeness (QED) is 0.542. The minimum absolute atomic E-state index is 0.328. The van der Waals surface area contributed by atoms with Crippen LogP contribution in [0, 0.1) is 5.92 Å².